The van der Waals surface area contributed by atoms with Crippen LogP contribution in [0, 0.1) is 0 Å². The van der Waals surface area contributed by atoms with Gasteiger partial charge in [-0.3, -0.25) is 4.79 Å². The van der Waals surface area contributed by atoms with Gasteiger partial charge in [0.1, 0.15) is 0 Å². The van der Waals surface area contributed by atoms with Crippen LogP contribution in [0.25, 0.3) is 0 Å². The number of hydrogen-bond donors (Lipinski definition) is 2. The Morgan fingerprint density at radius 1 is 0.962 bits per heavy atom. The van der Waals surface area contributed by atoms with Crippen molar-refractivity contribution in [2.75, 3.05) is 17.3 Å². The maximum Gasteiger partial charge on any atom is 0.319 e. The Morgan fingerprint density at radius 3 is 2.42 bits per heavy atom. The molecule has 5 heteroatoms. The zero-order chi connectivity index (χ0) is 18.4. The van der Waals surface area contributed by atoms with Gasteiger partial charge in [-0.05, 0) is 43.2 Å². The summed E-state index contributed by atoms with van der Waals surface area (Å²) in [4.78, 5) is 26.5. The molecule has 0 spiro atoms. The van der Waals surface area contributed by atoms with Gasteiger partial charge in [0.25, 0.3) is 5.91 Å². The number of para-hydroxylation sites is 1. The summed E-state index contributed by atoms with van der Waals surface area (Å²) >= 11 is 0. The van der Waals surface area contributed by atoms with E-state index in [1.165, 1.54) is 19.3 Å². The summed E-state index contributed by atoms with van der Waals surface area (Å²) in [7, 11) is 1.74. The Morgan fingerprint density at radius 2 is 1.69 bits per heavy atom. The second kappa shape index (κ2) is 8.52. The minimum Gasteiger partial charge on any atom is -0.335 e. The molecule has 0 unspecified atom stereocenters. The van der Waals surface area contributed by atoms with Crippen molar-refractivity contribution in [1.82, 2.24) is 5.32 Å². The highest BCUT2D eigenvalue weighted by molar-refractivity contribution is 6.06. The minimum atomic E-state index is -0.210. The summed E-state index contributed by atoms with van der Waals surface area (Å²) < 4.78 is 0. The number of carbonyl (C=O) groups is 2. The predicted molar refractivity (Wildman–Crippen MR) is 105 cm³/mol. The second-order valence-electron chi connectivity index (χ2n) is 6.71. The molecule has 0 radical (unpaired) electrons. The average Bonchev–Trinajstić information content (AvgIpc) is 2.68. The SMILES string of the molecule is CN(C(=O)c1cccc(NC(=O)NC2CCCCC2)c1)c1ccccc1. The van der Waals surface area contributed by atoms with Gasteiger partial charge in [-0.2, -0.15) is 0 Å². The van der Waals surface area contributed by atoms with Gasteiger partial charge in [0.05, 0.1) is 0 Å². The van der Waals surface area contributed by atoms with Crippen molar-refractivity contribution in [2.45, 2.75) is 38.1 Å². The largest absolute Gasteiger partial charge is 0.335 e. The van der Waals surface area contributed by atoms with E-state index in [2.05, 4.69) is 10.6 Å². The lowest BCUT2D eigenvalue weighted by Crippen LogP contribution is -2.39. The molecule has 2 N–H and O–H groups in total. The third-order valence-electron chi connectivity index (χ3n) is 4.76. The first kappa shape index (κ1) is 18.0. The van der Waals surface area contributed by atoms with Gasteiger partial charge >= 0.3 is 6.03 Å². The summed E-state index contributed by atoms with van der Waals surface area (Å²) in [5.41, 5.74) is 1.98. The van der Waals surface area contributed by atoms with E-state index < -0.39 is 0 Å². The topological polar surface area (TPSA) is 61.4 Å². The Bertz CT molecular complexity index is 755. The molecular weight excluding hydrogens is 326 g/mol. The Kier molecular flexibility index (Phi) is 5.89. The number of hydrogen-bond acceptors (Lipinski definition) is 2. The molecule has 0 bridgehead atoms. The zero-order valence-corrected chi connectivity index (χ0v) is 15.1. The third-order valence-corrected chi connectivity index (χ3v) is 4.76. The van der Waals surface area contributed by atoms with Crippen molar-refractivity contribution < 1.29 is 9.59 Å². The van der Waals surface area contributed by atoms with Crippen molar-refractivity contribution in [3.05, 3.63) is 60.2 Å². The second-order valence-corrected chi connectivity index (χ2v) is 6.71. The lowest BCUT2D eigenvalue weighted by molar-refractivity contribution is 0.0993. The van der Waals surface area contributed by atoms with Crippen LogP contribution in [-0.2, 0) is 0 Å². The lowest BCUT2D eigenvalue weighted by atomic mass is 9.96. The van der Waals surface area contributed by atoms with Crippen LogP contribution in [0.1, 0.15) is 42.5 Å². The van der Waals surface area contributed by atoms with Crippen molar-refractivity contribution in [3.63, 3.8) is 0 Å². The van der Waals surface area contributed by atoms with E-state index in [4.69, 9.17) is 0 Å². The third kappa shape index (κ3) is 4.63. The molecule has 0 heterocycles. The first-order valence-electron chi connectivity index (χ1n) is 9.14. The number of nitrogens with zero attached hydrogens (tertiary/aromatic N) is 1. The molecule has 2 aromatic carbocycles. The summed E-state index contributed by atoms with van der Waals surface area (Å²) in [6.45, 7) is 0. The number of rotatable bonds is 4. The average molecular weight is 351 g/mol. The summed E-state index contributed by atoms with van der Waals surface area (Å²) in [6, 6.07) is 16.6. The molecule has 1 fully saturated rings. The van der Waals surface area contributed by atoms with Crippen LogP contribution in [-0.4, -0.2) is 25.0 Å². The smallest absolute Gasteiger partial charge is 0.319 e. The monoisotopic (exact) mass is 351 g/mol. The normalized spacial score (nSPS) is 14.5. The number of urea groups is 1. The quantitative estimate of drug-likeness (QED) is 0.857. The fraction of sp³-hybridized carbons (Fsp3) is 0.333. The van der Waals surface area contributed by atoms with Gasteiger partial charge in [0.2, 0.25) is 0 Å². The highest BCUT2D eigenvalue weighted by atomic mass is 16.2. The fourth-order valence-electron chi connectivity index (χ4n) is 3.29. The van der Waals surface area contributed by atoms with Gasteiger partial charge in [-0.15, -0.1) is 0 Å². The van der Waals surface area contributed by atoms with E-state index >= 15 is 0 Å². The molecule has 3 amide bonds. The molecule has 0 aliphatic heterocycles. The molecule has 3 rings (SSSR count). The molecule has 26 heavy (non-hydrogen) atoms. The van der Waals surface area contributed by atoms with Gasteiger partial charge in [0, 0.05) is 30.0 Å². The molecule has 0 saturated heterocycles. The predicted octanol–water partition coefficient (Wildman–Crippen LogP) is 4.42. The van der Waals surface area contributed by atoms with Crippen molar-refractivity contribution in [3.8, 4) is 0 Å². The number of anilines is 2. The summed E-state index contributed by atoms with van der Waals surface area (Å²) in [6.07, 6.45) is 5.65. The van der Waals surface area contributed by atoms with Crippen LogP contribution in [0.15, 0.2) is 54.6 Å². The highest BCUT2D eigenvalue weighted by Gasteiger charge is 2.17. The maximum absolute atomic E-state index is 12.7. The van der Waals surface area contributed by atoms with Crippen LogP contribution in [0.5, 0.6) is 0 Å². The first-order chi connectivity index (χ1) is 12.6. The van der Waals surface area contributed by atoms with E-state index in [0.29, 0.717) is 11.3 Å². The highest BCUT2D eigenvalue weighted by Crippen LogP contribution is 2.19. The Balaban J connectivity index is 1.64. The number of nitrogens with one attached hydrogen (secondary N) is 2. The zero-order valence-electron chi connectivity index (χ0n) is 15.1. The van der Waals surface area contributed by atoms with E-state index in [9.17, 15) is 9.59 Å². The molecule has 5 nitrogen and oxygen atoms in total. The molecule has 0 atom stereocenters. The summed E-state index contributed by atoms with van der Waals surface area (Å²) in [5, 5.41) is 5.86. The number of benzene rings is 2. The Labute approximate surface area is 154 Å². The molecule has 2 aromatic rings. The Hall–Kier alpha value is -2.82. The van der Waals surface area contributed by atoms with E-state index in [0.717, 1.165) is 18.5 Å². The molecule has 0 aromatic heterocycles. The minimum absolute atomic E-state index is 0.118. The lowest BCUT2D eigenvalue weighted by Gasteiger charge is -2.23. The van der Waals surface area contributed by atoms with E-state index in [1.54, 1.807) is 36.2 Å². The number of amides is 3. The molecular formula is C21H25N3O2. The fourth-order valence-corrected chi connectivity index (χ4v) is 3.29. The molecule has 1 saturated carbocycles. The standard InChI is InChI=1S/C21H25N3O2/c1-24(19-13-6-3-7-14-19)20(25)16-9-8-12-18(15-16)23-21(26)22-17-10-4-2-5-11-17/h3,6-9,12-15,17H,2,4-5,10-11H2,1H3,(H2,22,23,26). The van der Waals surface area contributed by atoms with E-state index in [1.807, 2.05) is 30.3 Å². The van der Waals surface area contributed by atoms with Crippen LogP contribution >= 0.6 is 0 Å². The molecule has 1 aliphatic rings. The molecule has 136 valence electrons. The van der Waals surface area contributed by atoms with Crippen LogP contribution in [0.2, 0.25) is 0 Å². The van der Waals surface area contributed by atoms with Gasteiger partial charge in [0.15, 0.2) is 0 Å². The number of carbonyl (C=O) groups excluding carboxylic acids is 2. The van der Waals surface area contributed by atoms with Gasteiger partial charge < -0.3 is 15.5 Å². The first-order valence-corrected chi connectivity index (χ1v) is 9.14. The summed E-state index contributed by atoms with van der Waals surface area (Å²) in [5.74, 6) is -0.118. The van der Waals surface area contributed by atoms with Crippen molar-refractivity contribution >= 4 is 23.3 Å². The molecule has 1 aliphatic carbocycles. The van der Waals surface area contributed by atoms with Gasteiger partial charge in [-0.25, -0.2) is 4.79 Å². The van der Waals surface area contributed by atoms with Crippen molar-refractivity contribution in [1.29, 1.82) is 0 Å². The van der Waals surface area contributed by atoms with Crippen LogP contribution in [0.3, 0.4) is 0 Å². The van der Waals surface area contributed by atoms with Gasteiger partial charge in [-0.1, -0.05) is 43.5 Å². The van der Waals surface area contributed by atoms with Crippen LogP contribution < -0.4 is 15.5 Å². The van der Waals surface area contributed by atoms with E-state index in [-0.39, 0.29) is 18.0 Å². The van der Waals surface area contributed by atoms with Crippen LogP contribution in [0.4, 0.5) is 16.2 Å². The maximum atomic E-state index is 12.7. The van der Waals surface area contributed by atoms with Crippen molar-refractivity contribution in [2.24, 2.45) is 0 Å².